The molecule has 0 bridgehead atoms. The minimum atomic E-state index is -0.954. The van der Waals surface area contributed by atoms with Crippen LogP contribution in [-0.4, -0.2) is 36.4 Å². The van der Waals surface area contributed by atoms with E-state index in [1.165, 1.54) is 167 Å². The summed E-state index contributed by atoms with van der Waals surface area (Å²) in [5, 5.41) is 9.99. The molecule has 274 valence electrons. The van der Waals surface area contributed by atoms with Gasteiger partial charge < -0.3 is 14.6 Å². The predicted molar refractivity (Wildman–Crippen MR) is 196 cm³/mol. The van der Waals surface area contributed by atoms with Gasteiger partial charge in [-0.2, -0.15) is 0 Å². The van der Waals surface area contributed by atoms with Crippen LogP contribution in [0, 0.1) is 5.92 Å². The molecular weight excluding hydrogens is 572 g/mol. The second kappa shape index (κ2) is 36.7. The summed E-state index contributed by atoms with van der Waals surface area (Å²) in [6, 6.07) is 0. The SMILES string of the molecule is CCCCCCCCCCCCC(=O)OC[C@H](O)COC(=O)CCCCCCCCCCCCCCCCCCCCC(C)CC. The minimum Gasteiger partial charge on any atom is -0.463 e. The number of hydrogen-bond donors (Lipinski definition) is 1. The number of carbonyl (C=O) groups excluding carboxylic acids is 2. The highest BCUT2D eigenvalue weighted by atomic mass is 16.6. The van der Waals surface area contributed by atoms with Crippen molar-refractivity contribution < 1.29 is 24.2 Å². The van der Waals surface area contributed by atoms with Crippen LogP contribution in [0.15, 0.2) is 0 Å². The molecule has 0 spiro atoms. The van der Waals surface area contributed by atoms with Crippen molar-refractivity contribution in [1.29, 1.82) is 0 Å². The molecule has 2 atom stereocenters. The lowest BCUT2D eigenvalue weighted by Crippen LogP contribution is -2.25. The highest BCUT2D eigenvalue weighted by Crippen LogP contribution is 2.17. The Balaban J connectivity index is 3.34. The summed E-state index contributed by atoms with van der Waals surface area (Å²) < 4.78 is 10.3. The van der Waals surface area contributed by atoms with E-state index in [4.69, 9.17) is 9.47 Å². The summed E-state index contributed by atoms with van der Waals surface area (Å²) in [6.45, 7) is 6.71. The van der Waals surface area contributed by atoms with Crippen molar-refractivity contribution >= 4 is 11.9 Å². The van der Waals surface area contributed by atoms with Crippen LogP contribution in [0.5, 0.6) is 0 Å². The first-order valence-corrected chi connectivity index (χ1v) is 20.5. The molecule has 1 unspecified atom stereocenters. The van der Waals surface area contributed by atoms with Gasteiger partial charge in [0.1, 0.15) is 19.3 Å². The molecule has 0 rings (SSSR count). The van der Waals surface area contributed by atoms with Gasteiger partial charge in [0.15, 0.2) is 0 Å². The van der Waals surface area contributed by atoms with Gasteiger partial charge in [0.2, 0.25) is 0 Å². The maximum atomic E-state index is 12.0. The van der Waals surface area contributed by atoms with Gasteiger partial charge in [-0.3, -0.25) is 9.59 Å². The van der Waals surface area contributed by atoms with Crippen molar-refractivity contribution in [2.75, 3.05) is 13.2 Å². The number of unbranched alkanes of at least 4 members (excludes halogenated alkanes) is 26. The van der Waals surface area contributed by atoms with Crippen molar-refractivity contribution in [3.63, 3.8) is 0 Å². The lowest BCUT2D eigenvalue weighted by atomic mass is 9.99. The normalized spacial score (nSPS) is 12.7. The summed E-state index contributed by atoms with van der Waals surface area (Å²) in [5.41, 5.74) is 0. The van der Waals surface area contributed by atoms with Crippen LogP contribution < -0.4 is 0 Å². The zero-order valence-corrected chi connectivity index (χ0v) is 31.3. The Hall–Kier alpha value is -1.10. The predicted octanol–water partition coefficient (Wildman–Crippen LogP) is 12.6. The van der Waals surface area contributed by atoms with Gasteiger partial charge in [-0.25, -0.2) is 0 Å². The van der Waals surface area contributed by atoms with Gasteiger partial charge in [0, 0.05) is 12.8 Å². The fourth-order valence-electron chi connectivity index (χ4n) is 6.12. The highest BCUT2D eigenvalue weighted by Gasteiger charge is 2.12. The molecule has 0 amide bonds. The van der Waals surface area contributed by atoms with E-state index < -0.39 is 6.10 Å². The fourth-order valence-corrected chi connectivity index (χ4v) is 6.12. The molecule has 5 heteroatoms. The maximum Gasteiger partial charge on any atom is 0.305 e. The summed E-state index contributed by atoms with van der Waals surface area (Å²) in [5.74, 6) is 0.363. The maximum absolute atomic E-state index is 12.0. The van der Waals surface area contributed by atoms with E-state index in [0.29, 0.717) is 12.8 Å². The number of aliphatic hydroxyl groups excluding tert-OH is 1. The quantitative estimate of drug-likeness (QED) is 0.0534. The van der Waals surface area contributed by atoms with Crippen LogP contribution in [0.25, 0.3) is 0 Å². The number of hydrogen-bond acceptors (Lipinski definition) is 5. The third kappa shape index (κ3) is 35.7. The molecule has 0 radical (unpaired) electrons. The van der Waals surface area contributed by atoms with Crippen molar-refractivity contribution in [2.24, 2.45) is 5.92 Å². The first-order chi connectivity index (χ1) is 22.5. The van der Waals surface area contributed by atoms with Crippen LogP contribution in [-0.2, 0) is 19.1 Å². The smallest absolute Gasteiger partial charge is 0.305 e. The molecule has 0 aliphatic carbocycles. The lowest BCUT2D eigenvalue weighted by molar-refractivity contribution is -0.152. The molecule has 46 heavy (non-hydrogen) atoms. The molecular formula is C41H80O5. The molecule has 0 aromatic heterocycles. The standard InChI is InChI=1S/C41H80O5/c1-4-6-7-8-9-10-22-25-28-31-34-40(43)45-36-39(42)37-46-41(44)35-32-29-26-23-20-18-16-14-12-11-13-15-17-19-21-24-27-30-33-38(3)5-2/h38-39,42H,4-37H2,1-3H3/t38?,39-/m0/s1. The third-order valence-corrected chi connectivity index (χ3v) is 9.63. The zero-order chi connectivity index (χ0) is 33.8. The first kappa shape index (κ1) is 44.9. The van der Waals surface area contributed by atoms with Crippen LogP contribution in [0.4, 0.5) is 0 Å². The number of carbonyl (C=O) groups is 2. The average Bonchev–Trinajstić information content (AvgIpc) is 3.06. The van der Waals surface area contributed by atoms with E-state index in [9.17, 15) is 14.7 Å². The van der Waals surface area contributed by atoms with E-state index in [1.807, 2.05) is 0 Å². The Kier molecular flexibility index (Phi) is 35.9. The molecule has 0 aliphatic rings. The Morgan fingerprint density at radius 1 is 0.457 bits per heavy atom. The van der Waals surface area contributed by atoms with Crippen molar-refractivity contribution in [3.05, 3.63) is 0 Å². The largest absolute Gasteiger partial charge is 0.463 e. The molecule has 0 aromatic rings. The second-order valence-electron chi connectivity index (χ2n) is 14.4. The summed E-state index contributed by atoms with van der Waals surface area (Å²) >= 11 is 0. The Morgan fingerprint density at radius 3 is 1.04 bits per heavy atom. The van der Waals surface area contributed by atoms with E-state index in [1.54, 1.807) is 0 Å². The number of esters is 2. The Morgan fingerprint density at radius 2 is 0.739 bits per heavy atom. The fraction of sp³-hybridized carbons (Fsp3) is 0.951. The molecule has 0 aromatic carbocycles. The summed E-state index contributed by atoms with van der Waals surface area (Å²) in [4.78, 5) is 23.9. The van der Waals surface area contributed by atoms with Crippen LogP contribution >= 0.6 is 0 Å². The Labute approximate surface area is 287 Å². The Bertz CT molecular complexity index is 636. The first-order valence-electron chi connectivity index (χ1n) is 20.5. The van der Waals surface area contributed by atoms with Crippen LogP contribution in [0.1, 0.15) is 226 Å². The lowest BCUT2D eigenvalue weighted by Gasteiger charge is -2.12. The van der Waals surface area contributed by atoms with Crippen molar-refractivity contribution in [1.82, 2.24) is 0 Å². The summed E-state index contributed by atoms with van der Waals surface area (Å²) in [7, 11) is 0. The molecule has 0 fully saturated rings. The number of aliphatic hydroxyl groups is 1. The van der Waals surface area contributed by atoms with Gasteiger partial charge in [0.05, 0.1) is 0 Å². The van der Waals surface area contributed by atoms with Crippen molar-refractivity contribution in [2.45, 2.75) is 232 Å². The minimum absolute atomic E-state index is 0.108. The van der Waals surface area contributed by atoms with E-state index >= 15 is 0 Å². The van der Waals surface area contributed by atoms with Gasteiger partial charge in [0.25, 0.3) is 0 Å². The van der Waals surface area contributed by atoms with Gasteiger partial charge in [-0.15, -0.1) is 0 Å². The number of rotatable bonds is 37. The topological polar surface area (TPSA) is 72.8 Å². The van der Waals surface area contributed by atoms with Crippen LogP contribution in [0.3, 0.4) is 0 Å². The number of ether oxygens (including phenoxy) is 2. The third-order valence-electron chi connectivity index (χ3n) is 9.63. The second-order valence-corrected chi connectivity index (χ2v) is 14.4. The van der Waals surface area contributed by atoms with Gasteiger partial charge in [-0.1, -0.05) is 201 Å². The van der Waals surface area contributed by atoms with E-state index in [2.05, 4.69) is 20.8 Å². The zero-order valence-electron chi connectivity index (χ0n) is 31.3. The molecule has 0 saturated carbocycles. The summed E-state index contributed by atoms with van der Waals surface area (Å²) in [6.07, 6.45) is 38.8. The molecule has 0 aliphatic heterocycles. The molecule has 0 saturated heterocycles. The average molecular weight is 653 g/mol. The van der Waals surface area contributed by atoms with E-state index in [0.717, 1.165) is 31.6 Å². The van der Waals surface area contributed by atoms with E-state index in [-0.39, 0.29) is 25.2 Å². The highest BCUT2D eigenvalue weighted by molar-refractivity contribution is 5.69. The monoisotopic (exact) mass is 653 g/mol. The van der Waals surface area contributed by atoms with Gasteiger partial charge >= 0.3 is 11.9 Å². The molecule has 1 N–H and O–H groups in total. The molecule has 0 heterocycles. The molecule has 5 nitrogen and oxygen atoms in total. The van der Waals surface area contributed by atoms with Gasteiger partial charge in [-0.05, 0) is 18.8 Å². The van der Waals surface area contributed by atoms with Crippen molar-refractivity contribution in [3.8, 4) is 0 Å². The van der Waals surface area contributed by atoms with Crippen LogP contribution in [0.2, 0.25) is 0 Å².